The second-order valence-electron chi connectivity index (χ2n) is 4.15. The lowest BCUT2D eigenvalue weighted by Gasteiger charge is -2.14. The number of hydrogen-bond acceptors (Lipinski definition) is 7. The number of hydrogen-bond donors (Lipinski definition) is 0. The van der Waals surface area contributed by atoms with E-state index < -0.39 is 12.4 Å². The topological polar surface area (TPSA) is 97.0 Å². The van der Waals surface area contributed by atoms with Crippen LogP contribution in [0.15, 0.2) is 6.20 Å². The van der Waals surface area contributed by atoms with Crippen molar-refractivity contribution in [2.75, 3.05) is 6.61 Å². The molecule has 20 heavy (non-hydrogen) atoms. The fraction of sp³-hybridized carbons (Fsp3) is 0.545. The lowest BCUT2D eigenvalue weighted by molar-refractivity contribution is 0.00141. The third-order valence-electron chi connectivity index (χ3n) is 2.70. The molecule has 0 radical (unpaired) electrons. The number of carbonyl (C=O) groups is 1. The molecule has 0 N–H and O–H groups in total. The van der Waals surface area contributed by atoms with Crippen LogP contribution in [0.4, 0.5) is 4.79 Å². The van der Waals surface area contributed by atoms with Crippen LogP contribution in [0.25, 0.3) is 11.5 Å². The minimum absolute atomic E-state index is 0.245. The number of aromatic nitrogens is 6. The van der Waals surface area contributed by atoms with Gasteiger partial charge < -0.3 is 9.47 Å². The number of rotatable bonds is 4. The molecule has 2 heterocycles. The molecule has 0 amide bonds. The summed E-state index contributed by atoms with van der Waals surface area (Å²) >= 11 is 0. The smallest absolute Gasteiger partial charge is 0.435 e. The van der Waals surface area contributed by atoms with Crippen molar-refractivity contribution in [1.82, 2.24) is 30.0 Å². The molecule has 0 saturated carbocycles. The highest BCUT2D eigenvalue weighted by molar-refractivity contribution is 5.60. The Morgan fingerprint density at radius 3 is 2.85 bits per heavy atom. The molecule has 1 atom stereocenters. The van der Waals surface area contributed by atoms with Crippen molar-refractivity contribution in [3.63, 3.8) is 0 Å². The van der Waals surface area contributed by atoms with Crippen molar-refractivity contribution in [2.45, 2.75) is 27.0 Å². The first-order valence-electron chi connectivity index (χ1n) is 6.14. The summed E-state index contributed by atoms with van der Waals surface area (Å²) in [6, 6.07) is 0. The van der Waals surface area contributed by atoms with Gasteiger partial charge in [-0.05, 0) is 36.8 Å². The zero-order chi connectivity index (χ0) is 14.7. The van der Waals surface area contributed by atoms with Gasteiger partial charge in [-0.2, -0.15) is 9.78 Å². The minimum atomic E-state index is -0.761. The predicted molar refractivity (Wildman–Crippen MR) is 67.6 cm³/mol. The van der Waals surface area contributed by atoms with E-state index in [9.17, 15) is 4.79 Å². The summed E-state index contributed by atoms with van der Waals surface area (Å²) in [5.74, 6) is 0.472. The van der Waals surface area contributed by atoms with Crippen LogP contribution in [0, 0.1) is 6.92 Å². The molecule has 108 valence electrons. The fourth-order valence-corrected chi connectivity index (χ4v) is 1.80. The molecule has 0 aliphatic carbocycles. The van der Waals surface area contributed by atoms with E-state index in [-0.39, 0.29) is 6.61 Å². The van der Waals surface area contributed by atoms with Gasteiger partial charge in [0.2, 0.25) is 5.82 Å². The first-order chi connectivity index (χ1) is 9.54. The van der Waals surface area contributed by atoms with Gasteiger partial charge in [-0.15, -0.1) is 5.10 Å². The Kier molecular flexibility index (Phi) is 3.97. The average Bonchev–Trinajstić information content (AvgIpc) is 2.96. The van der Waals surface area contributed by atoms with E-state index >= 15 is 0 Å². The van der Waals surface area contributed by atoms with Gasteiger partial charge in [-0.3, -0.25) is 4.68 Å². The maximum absolute atomic E-state index is 11.3. The molecule has 2 aromatic heterocycles. The van der Waals surface area contributed by atoms with Gasteiger partial charge in [0.25, 0.3) is 0 Å². The summed E-state index contributed by atoms with van der Waals surface area (Å²) in [5, 5.41) is 15.6. The monoisotopic (exact) mass is 280 g/mol. The van der Waals surface area contributed by atoms with Crippen molar-refractivity contribution >= 4 is 6.16 Å². The molecule has 0 bridgehead atoms. The summed E-state index contributed by atoms with van der Waals surface area (Å²) in [7, 11) is 1.79. The average molecular weight is 280 g/mol. The number of nitrogens with zero attached hydrogens (tertiary/aromatic N) is 6. The zero-order valence-electron chi connectivity index (χ0n) is 11.8. The molecule has 1 unspecified atom stereocenters. The maximum Gasteiger partial charge on any atom is 0.510 e. The minimum Gasteiger partial charge on any atom is -0.435 e. The van der Waals surface area contributed by atoms with Gasteiger partial charge in [0, 0.05) is 7.05 Å². The Bertz CT molecular complexity index is 586. The molecule has 0 saturated heterocycles. The normalized spacial score (nSPS) is 12.2. The third kappa shape index (κ3) is 2.60. The Morgan fingerprint density at radius 2 is 2.25 bits per heavy atom. The van der Waals surface area contributed by atoms with Crippen molar-refractivity contribution in [3.05, 3.63) is 11.8 Å². The lowest BCUT2D eigenvalue weighted by Crippen LogP contribution is -2.18. The van der Waals surface area contributed by atoms with Crippen molar-refractivity contribution in [2.24, 2.45) is 7.05 Å². The van der Waals surface area contributed by atoms with E-state index in [4.69, 9.17) is 9.47 Å². The number of aryl methyl sites for hydroxylation is 2. The van der Waals surface area contributed by atoms with Crippen molar-refractivity contribution in [1.29, 1.82) is 0 Å². The van der Waals surface area contributed by atoms with Gasteiger partial charge in [-0.25, -0.2) is 4.79 Å². The second-order valence-corrected chi connectivity index (χ2v) is 4.15. The molecule has 0 fully saturated rings. The van der Waals surface area contributed by atoms with E-state index in [1.807, 2.05) is 6.92 Å². The molecule has 0 spiro atoms. The Hall–Kier alpha value is -2.45. The maximum atomic E-state index is 11.3. The van der Waals surface area contributed by atoms with E-state index in [1.165, 1.54) is 4.68 Å². The van der Waals surface area contributed by atoms with E-state index in [1.54, 1.807) is 31.8 Å². The van der Waals surface area contributed by atoms with E-state index in [2.05, 4.69) is 20.6 Å². The molecule has 2 rings (SSSR count). The third-order valence-corrected chi connectivity index (χ3v) is 2.70. The van der Waals surface area contributed by atoms with Crippen LogP contribution in [-0.4, -0.2) is 42.7 Å². The molecular formula is C11H16N6O3. The summed E-state index contributed by atoms with van der Waals surface area (Å²) < 4.78 is 12.9. The van der Waals surface area contributed by atoms with Gasteiger partial charge in [0.05, 0.1) is 12.8 Å². The summed E-state index contributed by atoms with van der Waals surface area (Å²) in [5.41, 5.74) is 1.68. The first kappa shape index (κ1) is 14.0. The lowest BCUT2D eigenvalue weighted by atomic mass is 10.2. The van der Waals surface area contributed by atoms with Gasteiger partial charge in [0.15, 0.2) is 6.23 Å². The zero-order valence-corrected chi connectivity index (χ0v) is 11.8. The molecular weight excluding hydrogens is 264 g/mol. The highest BCUT2D eigenvalue weighted by Crippen LogP contribution is 2.22. The number of tetrazole rings is 1. The van der Waals surface area contributed by atoms with Crippen LogP contribution in [0.2, 0.25) is 0 Å². The highest BCUT2D eigenvalue weighted by atomic mass is 16.7. The molecule has 9 nitrogen and oxygen atoms in total. The number of ether oxygens (including phenoxy) is 2. The van der Waals surface area contributed by atoms with Gasteiger partial charge >= 0.3 is 6.16 Å². The van der Waals surface area contributed by atoms with Crippen molar-refractivity contribution in [3.8, 4) is 11.5 Å². The fourth-order valence-electron chi connectivity index (χ4n) is 1.80. The van der Waals surface area contributed by atoms with Crippen LogP contribution < -0.4 is 0 Å². The standard InChI is InChI=1S/C11H16N6O3/c1-5-19-11(18)20-8(3)17-10(13-14-15-17)9-7(2)6-12-16(9)4/h6,8H,5H2,1-4H3. The largest absolute Gasteiger partial charge is 0.510 e. The molecule has 2 aromatic rings. The molecule has 9 heteroatoms. The van der Waals surface area contributed by atoms with Crippen molar-refractivity contribution < 1.29 is 14.3 Å². The van der Waals surface area contributed by atoms with Crippen LogP contribution in [-0.2, 0) is 16.5 Å². The van der Waals surface area contributed by atoms with Gasteiger partial charge in [0.1, 0.15) is 5.69 Å². The SMILES string of the molecule is CCOC(=O)OC(C)n1nnnc1-c1c(C)cnn1C. The second kappa shape index (κ2) is 5.68. The van der Waals surface area contributed by atoms with Crippen LogP contribution in [0.5, 0.6) is 0 Å². The molecule has 0 aromatic carbocycles. The highest BCUT2D eigenvalue weighted by Gasteiger charge is 2.21. The predicted octanol–water partition coefficient (Wildman–Crippen LogP) is 1.07. The molecule has 0 aliphatic heterocycles. The number of carbonyl (C=O) groups excluding carboxylic acids is 1. The summed E-state index contributed by atoms with van der Waals surface area (Å²) in [6.45, 7) is 5.50. The van der Waals surface area contributed by atoms with E-state index in [0.29, 0.717) is 5.82 Å². The van der Waals surface area contributed by atoms with E-state index in [0.717, 1.165) is 11.3 Å². The van der Waals surface area contributed by atoms with Gasteiger partial charge in [-0.1, -0.05) is 0 Å². The Morgan fingerprint density at radius 1 is 1.50 bits per heavy atom. The molecule has 0 aliphatic rings. The first-order valence-corrected chi connectivity index (χ1v) is 6.14. The quantitative estimate of drug-likeness (QED) is 0.773. The van der Waals surface area contributed by atoms with Crippen LogP contribution in [0.1, 0.15) is 25.6 Å². The summed E-state index contributed by atoms with van der Waals surface area (Å²) in [4.78, 5) is 11.3. The Balaban J connectivity index is 2.27. The van der Waals surface area contributed by atoms with Crippen LogP contribution >= 0.6 is 0 Å². The van der Waals surface area contributed by atoms with Crippen LogP contribution in [0.3, 0.4) is 0 Å². The summed E-state index contributed by atoms with van der Waals surface area (Å²) in [6.07, 6.45) is 0.266. The Labute approximate surface area is 115 Å².